The van der Waals surface area contributed by atoms with Crippen LogP contribution < -0.4 is 4.74 Å². The monoisotopic (exact) mass is 365 g/mol. The largest absolute Gasteiger partial charge is 0.493 e. The van der Waals surface area contributed by atoms with Gasteiger partial charge in [0.2, 0.25) is 10.0 Å². The molecule has 0 N–H and O–H groups in total. The van der Waals surface area contributed by atoms with Gasteiger partial charge in [0.05, 0.1) is 11.5 Å². The summed E-state index contributed by atoms with van der Waals surface area (Å²) in [5, 5.41) is 0.667. The number of hydrogen-bond acceptors (Lipinski definition) is 3. The smallest absolute Gasteiger partial charge is 0.243 e. The molecule has 0 saturated carbocycles. The first-order valence-electron chi connectivity index (χ1n) is 7.99. The summed E-state index contributed by atoms with van der Waals surface area (Å²) in [4.78, 5) is 0.351. The highest BCUT2D eigenvalue weighted by molar-refractivity contribution is 7.89. The first-order valence-corrected chi connectivity index (χ1v) is 9.81. The van der Waals surface area contributed by atoms with E-state index in [-0.39, 0.29) is 5.92 Å². The SMILES string of the molecule is O=S(=O)(c1ccccc1)N1CCCC(COc2ccc(Cl)cc2)C1. The van der Waals surface area contributed by atoms with Gasteiger partial charge in [-0.3, -0.25) is 0 Å². The van der Waals surface area contributed by atoms with Gasteiger partial charge in [-0.05, 0) is 49.2 Å². The molecule has 2 aromatic rings. The molecule has 1 unspecified atom stereocenters. The molecule has 1 aliphatic heterocycles. The molecule has 2 aromatic carbocycles. The predicted molar refractivity (Wildman–Crippen MR) is 94.9 cm³/mol. The van der Waals surface area contributed by atoms with Crippen molar-refractivity contribution in [1.29, 1.82) is 0 Å². The van der Waals surface area contributed by atoms with Gasteiger partial charge in [-0.15, -0.1) is 0 Å². The molecule has 0 spiro atoms. The second-order valence-electron chi connectivity index (χ2n) is 5.95. The predicted octanol–water partition coefficient (Wildman–Crippen LogP) is 3.82. The van der Waals surface area contributed by atoms with Gasteiger partial charge in [-0.1, -0.05) is 29.8 Å². The van der Waals surface area contributed by atoms with E-state index in [1.165, 1.54) is 0 Å². The summed E-state index contributed by atoms with van der Waals surface area (Å²) in [6, 6.07) is 15.8. The third-order valence-electron chi connectivity index (χ3n) is 4.16. The van der Waals surface area contributed by atoms with Crippen LogP contribution in [-0.2, 0) is 10.0 Å². The Morgan fingerprint density at radius 3 is 2.50 bits per heavy atom. The van der Waals surface area contributed by atoms with Crippen LogP contribution in [0.3, 0.4) is 0 Å². The Kier molecular flexibility index (Phi) is 5.43. The first kappa shape index (κ1) is 17.3. The quantitative estimate of drug-likeness (QED) is 0.809. The number of piperidine rings is 1. The van der Waals surface area contributed by atoms with Crippen molar-refractivity contribution in [3.8, 4) is 5.75 Å². The zero-order chi connectivity index (χ0) is 17.0. The molecule has 1 heterocycles. The van der Waals surface area contributed by atoms with Crippen molar-refractivity contribution in [3.63, 3.8) is 0 Å². The minimum atomic E-state index is -3.42. The molecule has 3 rings (SSSR count). The van der Waals surface area contributed by atoms with Gasteiger partial charge in [-0.2, -0.15) is 4.31 Å². The number of sulfonamides is 1. The molecule has 1 fully saturated rings. The van der Waals surface area contributed by atoms with E-state index in [0.717, 1.165) is 18.6 Å². The van der Waals surface area contributed by atoms with Gasteiger partial charge in [0.1, 0.15) is 5.75 Å². The second-order valence-corrected chi connectivity index (χ2v) is 8.32. The molecule has 24 heavy (non-hydrogen) atoms. The van der Waals surface area contributed by atoms with E-state index in [1.807, 2.05) is 18.2 Å². The lowest BCUT2D eigenvalue weighted by Crippen LogP contribution is -2.41. The van der Waals surface area contributed by atoms with Crippen LogP contribution in [0.15, 0.2) is 59.5 Å². The fourth-order valence-electron chi connectivity index (χ4n) is 2.87. The van der Waals surface area contributed by atoms with Gasteiger partial charge in [0.15, 0.2) is 0 Å². The van der Waals surface area contributed by atoms with E-state index in [2.05, 4.69) is 0 Å². The summed E-state index contributed by atoms with van der Waals surface area (Å²) >= 11 is 5.86. The molecule has 1 saturated heterocycles. The van der Waals surface area contributed by atoms with E-state index < -0.39 is 10.0 Å². The van der Waals surface area contributed by atoms with Crippen molar-refractivity contribution in [2.45, 2.75) is 17.7 Å². The Labute approximate surface area is 148 Å². The molecule has 0 bridgehead atoms. The Hall–Kier alpha value is -1.56. The Bertz CT molecular complexity index is 763. The molecule has 6 heteroatoms. The van der Waals surface area contributed by atoms with Gasteiger partial charge in [0.25, 0.3) is 0 Å². The Balaban J connectivity index is 1.63. The normalized spacial score (nSPS) is 19.1. The number of ether oxygens (including phenoxy) is 1. The maximum atomic E-state index is 12.7. The average Bonchev–Trinajstić information content (AvgIpc) is 2.62. The molecular weight excluding hydrogens is 346 g/mol. The minimum absolute atomic E-state index is 0.188. The van der Waals surface area contributed by atoms with E-state index >= 15 is 0 Å². The first-order chi connectivity index (χ1) is 11.6. The highest BCUT2D eigenvalue weighted by Gasteiger charge is 2.30. The van der Waals surface area contributed by atoms with Gasteiger partial charge >= 0.3 is 0 Å². The molecule has 0 amide bonds. The Morgan fingerprint density at radius 2 is 1.79 bits per heavy atom. The maximum absolute atomic E-state index is 12.7. The van der Waals surface area contributed by atoms with Crippen molar-refractivity contribution >= 4 is 21.6 Å². The minimum Gasteiger partial charge on any atom is -0.493 e. The topological polar surface area (TPSA) is 46.6 Å². The lowest BCUT2D eigenvalue weighted by atomic mass is 10.0. The summed E-state index contributed by atoms with van der Waals surface area (Å²) in [6.45, 7) is 1.56. The number of hydrogen-bond donors (Lipinski definition) is 0. The summed E-state index contributed by atoms with van der Waals surface area (Å²) < 4.78 is 32.8. The van der Waals surface area contributed by atoms with Crippen molar-refractivity contribution < 1.29 is 13.2 Å². The average molecular weight is 366 g/mol. The van der Waals surface area contributed by atoms with Crippen LogP contribution in [0.2, 0.25) is 5.02 Å². The lowest BCUT2D eigenvalue weighted by Gasteiger charge is -2.31. The number of halogens is 1. The lowest BCUT2D eigenvalue weighted by molar-refractivity contribution is 0.180. The fraction of sp³-hybridized carbons (Fsp3) is 0.333. The fourth-order valence-corrected chi connectivity index (χ4v) is 4.57. The molecule has 0 radical (unpaired) electrons. The van der Waals surface area contributed by atoms with Crippen LogP contribution in [0.5, 0.6) is 5.75 Å². The number of benzene rings is 2. The van der Waals surface area contributed by atoms with Gasteiger partial charge in [0, 0.05) is 24.0 Å². The summed E-state index contributed by atoms with van der Waals surface area (Å²) in [6.07, 6.45) is 1.81. The molecule has 128 valence electrons. The van der Waals surface area contributed by atoms with Crippen LogP contribution in [0.25, 0.3) is 0 Å². The molecule has 4 nitrogen and oxygen atoms in total. The molecule has 0 aliphatic carbocycles. The van der Waals surface area contributed by atoms with Crippen LogP contribution in [0.1, 0.15) is 12.8 Å². The van der Waals surface area contributed by atoms with E-state index in [4.69, 9.17) is 16.3 Å². The van der Waals surface area contributed by atoms with E-state index in [0.29, 0.717) is 29.6 Å². The Morgan fingerprint density at radius 1 is 1.08 bits per heavy atom. The van der Waals surface area contributed by atoms with Crippen LogP contribution >= 0.6 is 11.6 Å². The highest BCUT2D eigenvalue weighted by Crippen LogP contribution is 2.24. The van der Waals surface area contributed by atoms with Crippen molar-refractivity contribution in [1.82, 2.24) is 4.31 Å². The third kappa shape index (κ3) is 4.09. The molecule has 0 aromatic heterocycles. The van der Waals surface area contributed by atoms with Crippen molar-refractivity contribution in [2.24, 2.45) is 5.92 Å². The standard InChI is InChI=1S/C18H20ClNO3S/c19-16-8-10-17(11-9-16)23-14-15-5-4-12-20(13-15)24(21,22)18-6-2-1-3-7-18/h1-3,6-11,15H,4-5,12-14H2. The van der Waals surface area contributed by atoms with Crippen LogP contribution in [-0.4, -0.2) is 32.4 Å². The van der Waals surface area contributed by atoms with Crippen molar-refractivity contribution in [3.05, 3.63) is 59.6 Å². The maximum Gasteiger partial charge on any atom is 0.243 e. The van der Waals surface area contributed by atoms with E-state index in [1.54, 1.807) is 40.7 Å². The summed E-state index contributed by atoms with van der Waals surface area (Å²) in [7, 11) is -3.42. The van der Waals surface area contributed by atoms with Gasteiger partial charge < -0.3 is 4.74 Å². The second kappa shape index (κ2) is 7.55. The van der Waals surface area contributed by atoms with E-state index in [9.17, 15) is 8.42 Å². The number of nitrogens with zero attached hydrogens (tertiary/aromatic N) is 1. The third-order valence-corrected chi connectivity index (χ3v) is 6.29. The molecular formula is C18H20ClNO3S. The molecule has 1 atom stereocenters. The summed E-state index contributed by atoms with van der Waals surface area (Å²) in [5.41, 5.74) is 0. The van der Waals surface area contributed by atoms with Crippen molar-refractivity contribution in [2.75, 3.05) is 19.7 Å². The molecule has 1 aliphatic rings. The van der Waals surface area contributed by atoms with Crippen LogP contribution in [0, 0.1) is 5.92 Å². The van der Waals surface area contributed by atoms with Gasteiger partial charge in [-0.25, -0.2) is 8.42 Å². The summed E-state index contributed by atoms with van der Waals surface area (Å²) in [5.74, 6) is 0.940. The van der Waals surface area contributed by atoms with Crippen LogP contribution in [0.4, 0.5) is 0 Å². The highest BCUT2D eigenvalue weighted by atomic mass is 35.5. The zero-order valence-corrected chi connectivity index (χ0v) is 14.8. The zero-order valence-electron chi connectivity index (χ0n) is 13.3. The number of rotatable bonds is 5.